The van der Waals surface area contributed by atoms with Gasteiger partial charge in [0, 0.05) is 30.2 Å². The first-order valence-electron chi connectivity index (χ1n) is 10.2. The van der Waals surface area contributed by atoms with Crippen molar-refractivity contribution in [3.05, 3.63) is 66.6 Å². The molecule has 1 atom stereocenters. The summed E-state index contributed by atoms with van der Waals surface area (Å²) < 4.78 is 1.59. The Morgan fingerprint density at radius 3 is 2.90 bits per heavy atom. The summed E-state index contributed by atoms with van der Waals surface area (Å²) in [5.41, 5.74) is 4.28. The van der Waals surface area contributed by atoms with Crippen molar-refractivity contribution in [3.63, 3.8) is 0 Å². The number of carbonyl (C=O) groups is 1. The normalized spacial score (nSPS) is 16.7. The number of hydrogen-bond acceptors (Lipinski definition) is 5. The minimum Gasteiger partial charge on any atom is -0.338 e. The zero-order valence-corrected chi connectivity index (χ0v) is 16.8. The van der Waals surface area contributed by atoms with Crippen molar-refractivity contribution in [2.24, 2.45) is 5.92 Å². The van der Waals surface area contributed by atoms with E-state index in [1.54, 1.807) is 17.2 Å². The van der Waals surface area contributed by atoms with Crippen LogP contribution in [0.5, 0.6) is 0 Å². The fourth-order valence-electron chi connectivity index (χ4n) is 4.21. The van der Waals surface area contributed by atoms with Crippen LogP contribution in [-0.4, -0.2) is 49.1 Å². The van der Waals surface area contributed by atoms with Gasteiger partial charge in [-0.3, -0.25) is 9.78 Å². The standard InChI is InChI=1S/C23H22N6O/c1-16-5-4-10-28(14-16)23(30)18-11-17(12-19(13-18)29-15-25-26-27-29)20-6-2-8-22-21(20)7-3-9-24-22/h2-3,6-9,11-13,15-16H,4-5,10,14H2,1H3. The maximum atomic E-state index is 13.4. The lowest BCUT2D eigenvalue weighted by Gasteiger charge is -2.31. The van der Waals surface area contributed by atoms with Crippen molar-refractivity contribution in [3.8, 4) is 16.8 Å². The van der Waals surface area contributed by atoms with Gasteiger partial charge < -0.3 is 4.90 Å². The predicted molar refractivity (Wildman–Crippen MR) is 114 cm³/mol. The highest BCUT2D eigenvalue weighted by atomic mass is 16.2. The lowest BCUT2D eigenvalue weighted by molar-refractivity contribution is 0.0683. The molecule has 0 bridgehead atoms. The van der Waals surface area contributed by atoms with Crippen LogP contribution in [0.1, 0.15) is 30.1 Å². The molecule has 0 spiro atoms. The Bertz CT molecular complexity index is 1200. The predicted octanol–water partition coefficient (Wildman–Crippen LogP) is 3.75. The van der Waals surface area contributed by atoms with E-state index >= 15 is 0 Å². The van der Waals surface area contributed by atoms with Gasteiger partial charge in [-0.1, -0.05) is 25.1 Å². The average molecular weight is 398 g/mol. The molecule has 150 valence electrons. The minimum atomic E-state index is 0.0519. The molecule has 0 saturated carbocycles. The Labute approximate surface area is 174 Å². The van der Waals surface area contributed by atoms with Crippen LogP contribution in [0.15, 0.2) is 61.1 Å². The zero-order valence-electron chi connectivity index (χ0n) is 16.8. The molecule has 1 aliphatic rings. The van der Waals surface area contributed by atoms with E-state index in [0.717, 1.165) is 47.2 Å². The largest absolute Gasteiger partial charge is 0.338 e. The van der Waals surface area contributed by atoms with Gasteiger partial charge >= 0.3 is 0 Å². The molecule has 3 heterocycles. The number of aromatic nitrogens is 5. The molecule has 1 unspecified atom stereocenters. The van der Waals surface area contributed by atoms with Gasteiger partial charge in [0.25, 0.3) is 5.91 Å². The van der Waals surface area contributed by atoms with Crippen molar-refractivity contribution < 1.29 is 4.79 Å². The first-order valence-corrected chi connectivity index (χ1v) is 10.2. The Morgan fingerprint density at radius 2 is 2.07 bits per heavy atom. The first kappa shape index (κ1) is 18.4. The molecule has 0 N–H and O–H groups in total. The molecule has 1 saturated heterocycles. The Balaban J connectivity index is 1.65. The van der Waals surface area contributed by atoms with Crippen LogP contribution in [0.25, 0.3) is 27.7 Å². The number of likely N-dealkylation sites (tertiary alicyclic amines) is 1. The van der Waals surface area contributed by atoms with Crippen LogP contribution in [0.2, 0.25) is 0 Å². The molecule has 4 aromatic rings. The van der Waals surface area contributed by atoms with Gasteiger partial charge in [0.15, 0.2) is 0 Å². The van der Waals surface area contributed by atoms with Gasteiger partial charge in [-0.15, -0.1) is 5.10 Å². The van der Waals surface area contributed by atoms with E-state index in [2.05, 4.69) is 39.6 Å². The topological polar surface area (TPSA) is 76.8 Å². The SMILES string of the molecule is CC1CCCN(C(=O)c2cc(-c3cccc4ncccc34)cc(-n3cnnn3)c2)C1. The highest BCUT2D eigenvalue weighted by Gasteiger charge is 2.23. The molecule has 2 aromatic heterocycles. The lowest BCUT2D eigenvalue weighted by atomic mass is 9.96. The van der Waals surface area contributed by atoms with E-state index in [-0.39, 0.29) is 5.91 Å². The second-order valence-corrected chi connectivity index (χ2v) is 7.90. The summed E-state index contributed by atoms with van der Waals surface area (Å²) in [5, 5.41) is 12.6. The van der Waals surface area contributed by atoms with Crippen LogP contribution in [0.3, 0.4) is 0 Å². The van der Waals surface area contributed by atoms with Gasteiger partial charge in [0.1, 0.15) is 6.33 Å². The number of rotatable bonds is 3. The van der Waals surface area contributed by atoms with Gasteiger partial charge in [-0.25, -0.2) is 4.68 Å². The number of fused-ring (bicyclic) bond motifs is 1. The second kappa shape index (κ2) is 7.67. The molecule has 0 aliphatic carbocycles. The average Bonchev–Trinajstić information content (AvgIpc) is 3.33. The fourth-order valence-corrected chi connectivity index (χ4v) is 4.21. The second-order valence-electron chi connectivity index (χ2n) is 7.90. The van der Waals surface area contributed by atoms with E-state index < -0.39 is 0 Å². The van der Waals surface area contributed by atoms with Gasteiger partial charge in [-0.05, 0) is 70.6 Å². The number of amides is 1. The summed E-state index contributed by atoms with van der Waals surface area (Å²) in [7, 11) is 0. The molecule has 0 radical (unpaired) electrons. The summed E-state index contributed by atoms with van der Waals surface area (Å²) in [4.78, 5) is 19.8. The van der Waals surface area contributed by atoms with Crippen LogP contribution in [-0.2, 0) is 0 Å². The molecular formula is C23H22N6O. The lowest BCUT2D eigenvalue weighted by Crippen LogP contribution is -2.39. The summed E-state index contributed by atoms with van der Waals surface area (Å²) in [6.07, 6.45) is 5.54. The zero-order chi connectivity index (χ0) is 20.5. The summed E-state index contributed by atoms with van der Waals surface area (Å²) in [6, 6.07) is 15.9. The van der Waals surface area contributed by atoms with E-state index in [0.29, 0.717) is 11.5 Å². The van der Waals surface area contributed by atoms with E-state index in [1.807, 2.05) is 41.3 Å². The fraction of sp³-hybridized carbons (Fsp3) is 0.261. The third-order valence-electron chi connectivity index (χ3n) is 5.68. The maximum Gasteiger partial charge on any atom is 0.253 e. The number of carbonyl (C=O) groups excluding carboxylic acids is 1. The van der Waals surface area contributed by atoms with Gasteiger partial charge in [-0.2, -0.15) is 0 Å². The number of nitrogens with zero attached hydrogens (tertiary/aromatic N) is 6. The van der Waals surface area contributed by atoms with E-state index in [1.165, 1.54) is 6.42 Å². The summed E-state index contributed by atoms with van der Waals surface area (Å²) in [5.74, 6) is 0.574. The third kappa shape index (κ3) is 3.43. The van der Waals surface area contributed by atoms with Crippen molar-refractivity contribution in [2.75, 3.05) is 13.1 Å². The molecule has 2 aromatic carbocycles. The first-order chi connectivity index (χ1) is 14.7. The molecule has 1 fully saturated rings. The number of hydrogen-bond donors (Lipinski definition) is 0. The highest BCUT2D eigenvalue weighted by Crippen LogP contribution is 2.31. The number of pyridine rings is 1. The van der Waals surface area contributed by atoms with Crippen molar-refractivity contribution in [1.82, 2.24) is 30.1 Å². The molecular weight excluding hydrogens is 376 g/mol. The van der Waals surface area contributed by atoms with E-state index in [9.17, 15) is 4.79 Å². The number of benzene rings is 2. The molecule has 7 nitrogen and oxygen atoms in total. The van der Waals surface area contributed by atoms with Crippen molar-refractivity contribution in [1.29, 1.82) is 0 Å². The van der Waals surface area contributed by atoms with Crippen molar-refractivity contribution in [2.45, 2.75) is 19.8 Å². The molecule has 30 heavy (non-hydrogen) atoms. The van der Waals surface area contributed by atoms with E-state index in [4.69, 9.17) is 0 Å². The molecule has 5 rings (SSSR count). The highest BCUT2D eigenvalue weighted by molar-refractivity contribution is 5.99. The minimum absolute atomic E-state index is 0.0519. The molecule has 1 amide bonds. The van der Waals surface area contributed by atoms with Crippen LogP contribution >= 0.6 is 0 Å². The van der Waals surface area contributed by atoms with Gasteiger partial charge in [0.05, 0.1) is 11.2 Å². The number of tetrazole rings is 1. The van der Waals surface area contributed by atoms with Gasteiger partial charge in [0.2, 0.25) is 0 Å². The van der Waals surface area contributed by atoms with Crippen LogP contribution < -0.4 is 0 Å². The Kier molecular flexibility index (Phi) is 4.71. The quantitative estimate of drug-likeness (QED) is 0.525. The Morgan fingerprint density at radius 1 is 1.13 bits per heavy atom. The third-order valence-corrected chi connectivity index (χ3v) is 5.68. The maximum absolute atomic E-state index is 13.4. The van der Waals surface area contributed by atoms with Crippen molar-refractivity contribution >= 4 is 16.8 Å². The molecule has 1 aliphatic heterocycles. The number of piperidine rings is 1. The van der Waals surface area contributed by atoms with Crippen LogP contribution in [0, 0.1) is 5.92 Å². The van der Waals surface area contributed by atoms with Crippen LogP contribution in [0.4, 0.5) is 0 Å². The summed E-state index contributed by atoms with van der Waals surface area (Å²) in [6.45, 7) is 3.79. The monoisotopic (exact) mass is 398 g/mol. The summed E-state index contributed by atoms with van der Waals surface area (Å²) >= 11 is 0. The molecule has 7 heteroatoms. The smallest absolute Gasteiger partial charge is 0.253 e. The Hall–Kier alpha value is -3.61.